The number of fused-ring (bicyclic) bond motifs is 7. The van der Waals surface area contributed by atoms with E-state index < -0.39 is 0 Å². The molecule has 2 aromatic rings. The van der Waals surface area contributed by atoms with Crippen molar-refractivity contribution in [3.05, 3.63) is 76.3 Å². The van der Waals surface area contributed by atoms with Gasteiger partial charge in [0.15, 0.2) is 0 Å². The molecule has 120 valence electrons. The highest BCUT2D eigenvalue weighted by Crippen LogP contribution is 2.60. The Labute approximate surface area is 160 Å². The summed E-state index contributed by atoms with van der Waals surface area (Å²) in [5, 5.41) is 0.773. The van der Waals surface area contributed by atoms with Gasteiger partial charge in [0.1, 0.15) is 15.3 Å². The molecule has 1 nitrogen and oxygen atoms in total. The molecule has 3 heteroatoms. The molecule has 2 aliphatic carbocycles. The summed E-state index contributed by atoms with van der Waals surface area (Å²) in [5.41, 5.74) is 6.31. The van der Waals surface area contributed by atoms with Crippen LogP contribution in [0.15, 0.2) is 54.6 Å². The molecule has 5 rings (SSSR count). The first-order valence-corrected chi connectivity index (χ1v) is 9.58. The molecule has 1 unspecified atom stereocenters. The maximum absolute atomic E-state index is 6.46. The van der Waals surface area contributed by atoms with Crippen LogP contribution in [0.3, 0.4) is 0 Å². The van der Waals surface area contributed by atoms with Crippen LogP contribution in [0, 0.1) is 0 Å². The molecule has 0 bridgehead atoms. The molecule has 0 amide bonds. The normalized spacial score (nSPS) is 27.2. The van der Waals surface area contributed by atoms with Crippen molar-refractivity contribution in [1.29, 1.82) is 0 Å². The van der Waals surface area contributed by atoms with E-state index in [-0.39, 0.29) is 14.9 Å². The van der Waals surface area contributed by atoms with Gasteiger partial charge in [-0.3, -0.25) is 0 Å². The summed E-state index contributed by atoms with van der Waals surface area (Å²) in [5.74, 6) is 1.03. The summed E-state index contributed by atoms with van der Waals surface area (Å²) in [6.45, 7) is 4.55. The second kappa shape index (κ2) is 4.67. The number of rotatable bonds is 0. The largest absolute Gasteiger partial charge is 0.483 e. The summed E-state index contributed by atoms with van der Waals surface area (Å²) in [6.07, 6.45) is 8.63. The average Bonchev–Trinajstić information content (AvgIpc) is 2.97. The molecule has 0 saturated heterocycles. The van der Waals surface area contributed by atoms with Gasteiger partial charge in [-0.2, -0.15) is 0 Å². The van der Waals surface area contributed by atoms with E-state index in [2.05, 4.69) is 85.0 Å². The third-order valence-corrected chi connectivity index (χ3v) is 7.35. The van der Waals surface area contributed by atoms with Crippen molar-refractivity contribution in [1.82, 2.24) is 0 Å². The number of allylic oxidation sites excluding steroid dienone is 2. The van der Waals surface area contributed by atoms with Gasteiger partial charge in [0.25, 0.3) is 0 Å². The standard InChI is InChI=1S/C21H16ClIO/c1-20(2)14-7-6-12(22)11-13(14)18-15(20)8-9-16-19(18)24-17-5-3-4-10-21(16,17)23/h3-11,17H,1-2H3/t17-,21?/m1/s1. The number of ether oxygens (including phenoxy) is 1. The van der Waals surface area contributed by atoms with Gasteiger partial charge in [0.05, 0.1) is 0 Å². The lowest BCUT2D eigenvalue weighted by Crippen LogP contribution is -2.29. The smallest absolute Gasteiger partial charge is 0.139 e. The van der Waals surface area contributed by atoms with Crippen molar-refractivity contribution in [3.8, 4) is 16.9 Å². The zero-order chi connectivity index (χ0) is 16.7. The molecule has 2 aromatic carbocycles. The topological polar surface area (TPSA) is 9.23 Å². The third-order valence-electron chi connectivity index (χ3n) is 5.56. The molecule has 1 heterocycles. The highest BCUT2D eigenvalue weighted by molar-refractivity contribution is 14.1. The van der Waals surface area contributed by atoms with Gasteiger partial charge in [-0.15, -0.1) is 0 Å². The molecule has 0 aromatic heterocycles. The van der Waals surface area contributed by atoms with Crippen molar-refractivity contribution >= 4 is 34.2 Å². The molecule has 24 heavy (non-hydrogen) atoms. The second-order valence-electron chi connectivity index (χ2n) is 7.23. The molecule has 3 aliphatic rings. The van der Waals surface area contributed by atoms with Gasteiger partial charge in [0, 0.05) is 21.6 Å². The van der Waals surface area contributed by atoms with Crippen LogP contribution < -0.4 is 4.74 Å². The third kappa shape index (κ3) is 1.71. The van der Waals surface area contributed by atoms with Crippen LogP contribution >= 0.6 is 34.2 Å². The Morgan fingerprint density at radius 3 is 2.62 bits per heavy atom. The fourth-order valence-corrected chi connectivity index (χ4v) is 5.44. The van der Waals surface area contributed by atoms with Crippen LogP contribution in [-0.2, 0) is 8.84 Å². The molecule has 0 spiro atoms. The quantitative estimate of drug-likeness (QED) is 0.348. The molecule has 0 fully saturated rings. The van der Waals surface area contributed by atoms with Crippen molar-refractivity contribution in [2.75, 3.05) is 0 Å². The second-order valence-corrected chi connectivity index (χ2v) is 9.45. The van der Waals surface area contributed by atoms with Crippen LogP contribution in [0.5, 0.6) is 5.75 Å². The molecular formula is C21H16ClIO. The van der Waals surface area contributed by atoms with Gasteiger partial charge >= 0.3 is 0 Å². The summed E-state index contributed by atoms with van der Waals surface area (Å²) in [7, 11) is 0. The summed E-state index contributed by atoms with van der Waals surface area (Å²) in [4.78, 5) is 0. The molecular weight excluding hydrogens is 431 g/mol. The first kappa shape index (κ1) is 15.0. The Morgan fingerprint density at radius 2 is 1.79 bits per heavy atom. The monoisotopic (exact) mass is 446 g/mol. The lowest BCUT2D eigenvalue weighted by Gasteiger charge is -2.25. The fourth-order valence-electron chi connectivity index (χ4n) is 4.30. The van der Waals surface area contributed by atoms with E-state index >= 15 is 0 Å². The van der Waals surface area contributed by atoms with E-state index in [1.807, 2.05) is 6.07 Å². The lowest BCUT2D eigenvalue weighted by molar-refractivity contribution is 0.264. The predicted octanol–water partition coefficient (Wildman–Crippen LogP) is 6.16. The Kier molecular flexibility index (Phi) is 2.93. The van der Waals surface area contributed by atoms with Gasteiger partial charge in [-0.25, -0.2) is 0 Å². The van der Waals surface area contributed by atoms with Crippen molar-refractivity contribution in [3.63, 3.8) is 0 Å². The van der Waals surface area contributed by atoms with E-state index in [0.29, 0.717) is 0 Å². The van der Waals surface area contributed by atoms with Gasteiger partial charge in [-0.1, -0.05) is 84.5 Å². The van der Waals surface area contributed by atoms with Crippen molar-refractivity contribution < 1.29 is 4.74 Å². The van der Waals surface area contributed by atoms with Crippen LogP contribution in [0.4, 0.5) is 0 Å². The Morgan fingerprint density at radius 1 is 1.04 bits per heavy atom. The number of hydrogen-bond donors (Lipinski definition) is 0. The molecule has 0 saturated carbocycles. The highest BCUT2D eigenvalue weighted by atomic mass is 127. The van der Waals surface area contributed by atoms with E-state index in [4.69, 9.17) is 16.3 Å². The number of halogens is 2. The zero-order valence-electron chi connectivity index (χ0n) is 13.4. The fraction of sp³-hybridized carbons (Fsp3) is 0.238. The van der Waals surface area contributed by atoms with Gasteiger partial charge in [-0.05, 0) is 34.9 Å². The summed E-state index contributed by atoms with van der Waals surface area (Å²) < 4.78 is 6.34. The number of hydrogen-bond acceptors (Lipinski definition) is 1. The minimum atomic E-state index is -0.123. The maximum Gasteiger partial charge on any atom is 0.139 e. The van der Waals surface area contributed by atoms with E-state index in [1.165, 1.54) is 27.8 Å². The summed E-state index contributed by atoms with van der Waals surface area (Å²) >= 11 is 8.84. The Balaban J connectivity index is 1.85. The van der Waals surface area contributed by atoms with E-state index in [9.17, 15) is 0 Å². The van der Waals surface area contributed by atoms with Crippen LogP contribution in [0.2, 0.25) is 5.02 Å². The van der Waals surface area contributed by atoms with E-state index in [0.717, 1.165) is 10.8 Å². The minimum absolute atomic E-state index is 0.0362. The minimum Gasteiger partial charge on any atom is -0.483 e. The van der Waals surface area contributed by atoms with Crippen molar-refractivity contribution in [2.24, 2.45) is 0 Å². The van der Waals surface area contributed by atoms with Crippen LogP contribution in [0.1, 0.15) is 30.5 Å². The first-order chi connectivity index (χ1) is 11.4. The van der Waals surface area contributed by atoms with Gasteiger partial charge in [0.2, 0.25) is 0 Å². The molecule has 0 radical (unpaired) electrons. The number of benzene rings is 2. The molecule has 1 aliphatic heterocycles. The highest BCUT2D eigenvalue weighted by Gasteiger charge is 2.49. The number of alkyl halides is 1. The molecule has 0 N–H and O–H groups in total. The van der Waals surface area contributed by atoms with Gasteiger partial charge < -0.3 is 4.74 Å². The molecule has 2 atom stereocenters. The zero-order valence-corrected chi connectivity index (χ0v) is 16.4. The van der Waals surface area contributed by atoms with E-state index in [1.54, 1.807) is 0 Å². The Bertz CT molecular complexity index is 957. The first-order valence-electron chi connectivity index (χ1n) is 8.13. The Hall–Kier alpha value is -1.26. The van der Waals surface area contributed by atoms with Crippen LogP contribution in [0.25, 0.3) is 11.1 Å². The maximum atomic E-state index is 6.46. The lowest BCUT2D eigenvalue weighted by atomic mass is 9.81. The SMILES string of the molecule is CC1(C)c2ccc(Cl)cc2-c2c1ccc1c2O[C@@H]2C=CC=CC12I. The van der Waals surface area contributed by atoms with Crippen molar-refractivity contribution in [2.45, 2.75) is 28.8 Å². The van der Waals surface area contributed by atoms with Crippen LogP contribution in [-0.4, -0.2) is 6.10 Å². The average molecular weight is 447 g/mol. The predicted molar refractivity (Wildman–Crippen MR) is 107 cm³/mol. The summed E-state index contributed by atoms with van der Waals surface area (Å²) in [6, 6.07) is 10.8.